The van der Waals surface area contributed by atoms with Gasteiger partial charge in [0, 0.05) is 75.9 Å². The number of piperidine rings is 1. The van der Waals surface area contributed by atoms with Crippen LogP contribution < -0.4 is 20.3 Å². The fraction of sp³-hybridized carbons (Fsp3) is 0.469. The van der Waals surface area contributed by atoms with Gasteiger partial charge < -0.3 is 43.1 Å². The molecule has 8 rings (SSSR count). The van der Waals surface area contributed by atoms with Crippen LogP contribution in [0.4, 0.5) is 5.69 Å². The van der Waals surface area contributed by atoms with E-state index in [4.69, 9.17) is 37.8 Å². The van der Waals surface area contributed by atoms with Gasteiger partial charge in [-0.2, -0.15) is 0 Å². The summed E-state index contributed by atoms with van der Waals surface area (Å²) in [6.45, 7) is 9.19. The van der Waals surface area contributed by atoms with Gasteiger partial charge in [-0.3, -0.25) is 43.5 Å². The number of ether oxygens (including phenoxy) is 6. The van der Waals surface area contributed by atoms with Gasteiger partial charge >= 0.3 is 0 Å². The largest absolute Gasteiger partial charge is 0.491 e. The van der Waals surface area contributed by atoms with Crippen molar-refractivity contribution in [1.29, 1.82) is 0 Å². The maximum atomic E-state index is 13.2. The molecule has 0 spiro atoms. The number of carbonyl (C=O) groups is 5. The van der Waals surface area contributed by atoms with Gasteiger partial charge in [-0.05, 0) is 48.4 Å². The van der Waals surface area contributed by atoms with Crippen molar-refractivity contribution in [2.45, 2.75) is 38.1 Å². The summed E-state index contributed by atoms with van der Waals surface area (Å²) >= 11 is 0. The second-order valence-electron chi connectivity index (χ2n) is 16.7. The molecular formula is C49H59N9O12. The number of hydrogen-bond donors (Lipinski definition) is 2. The molecule has 2 fully saturated rings. The van der Waals surface area contributed by atoms with Crippen molar-refractivity contribution in [3.63, 3.8) is 0 Å². The third kappa shape index (κ3) is 13.2. The number of nitrogens with one attached hydrogen (secondary N) is 2. The Labute approximate surface area is 404 Å². The van der Waals surface area contributed by atoms with Crippen LogP contribution in [0.25, 0.3) is 16.8 Å². The Bertz CT molecular complexity index is 2530. The average Bonchev–Trinajstić information content (AvgIpc) is 4.15. The molecule has 1 unspecified atom stereocenters. The SMILES string of the molecule is O=C(CCOCCOCCOCCOCCOCCN1CCN(c2ccc(-c3cnc(CCc4ccco4)n4cnnc34)cc2)CC1)NCCOc1cccc2c1C(=O)N(C1CCC(=O)NC1=O)C2=O. The highest BCUT2D eigenvalue weighted by molar-refractivity contribution is 6.24. The molecule has 6 heterocycles. The van der Waals surface area contributed by atoms with E-state index in [0.717, 1.165) is 78.8 Å². The van der Waals surface area contributed by atoms with E-state index in [-0.39, 0.29) is 61.8 Å². The fourth-order valence-corrected chi connectivity index (χ4v) is 8.41. The molecule has 2 saturated heterocycles. The molecule has 70 heavy (non-hydrogen) atoms. The molecular weight excluding hydrogens is 907 g/mol. The zero-order valence-corrected chi connectivity index (χ0v) is 39.1. The summed E-state index contributed by atoms with van der Waals surface area (Å²) in [7, 11) is 0. The summed E-state index contributed by atoms with van der Waals surface area (Å²) in [5, 5.41) is 13.5. The van der Waals surface area contributed by atoms with Crippen molar-refractivity contribution in [3.05, 3.63) is 96.1 Å². The molecule has 2 N–H and O–H groups in total. The monoisotopic (exact) mass is 965 g/mol. The third-order valence-electron chi connectivity index (χ3n) is 12.1. The lowest BCUT2D eigenvalue weighted by molar-refractivity contribution is -0.136. The van der Waals surface area contributed by atoms with Crippen LogP contribution in [-0.4, -0.2) is 177 Å². The number of benzene rings is 2. The summed E-state index contributed by atoms with van der Waals surface area (Å²) in [6.07, 6.45) is 7.00. The maximum absolute atomic E-state index is 13.2. The van der Waals surface area contributed by atoms with E-state index in [1.54, 1.807) is 24.7 Å². The Balaban J connectivity index is 0.582. The molecule has 21 heteroatoms. The second kappa shape index (κ2) is 25.3. The minimum absolute atomic E-state index is 0.0279. The van der Waals surface area contributed by atoms with Crippen molar-refractivity contribution in [1.82, 2.24) is 40.0 Å². The van der Waals surface area contributed by atoms with E-state index < -0.39 is 29.7 Å². The van der Waals surface area contributed by atoms with Crippen LogP contribution >= 0.6 is 0 Å². The smallest absolute Gasteiger partial charge is 0.266 e. The molecule has 1 atom stereocenters. The second-order valence-corrected chi connectivity index (χ2v) is 16.7. The van der Waals surface area contributed by atoms with Gasteiger partial charge in [0.05, 0.1) is 90.0 Å². The number of carbonyl (C=O) groups excluding carboxylic acids is 5. The van der Waals surface area contributed by atoms with Gasteiger partial charge in [0.2, 0.25) is 17.7 Å². The molecule has 3 aromatic heterocycles. The van der Waals surface area contributed by atoms with Crippen LogP contribution in [-0.2, 0) is 50.9 Å². The van der Waals surface area contributed by atoms with Crippen LogP contribution in [0.1, 0.15) is 51.6 Å². The molecule has 3 aliphatic rings. The maximum Gasteiger partial charge on any atom is 0.266 e. The van der Waals surface area contributed by atoms with Crippen LogP contribution in [0, 0.1) is 0 Å². The summed E-state index contributed by atoms with van der Waals surface area (Å²) in [6, 6.07) is 16.0. The summed E-state index contributed by atoms with van der Waals surface area (Å²) in [4.78, 5) is 72.8. The first-order valence-corrected chi connectivity index (χ1v) is 23.7. The van der Waals surface area contributed by atoms with Crippen LogP contribution in [0.15, 0.2) is 77.8 Å². The van der Waals surface area contributed by atoms with Crippen LogP contribution in [0.5, 0.6) is 5.75 Å². The number of fused-ring (bicyclic) bond motifs is 2. The molecule has 5 aromatic rings. The first-order valence-electron chi connectivity index (χ1n) is 23.7. The Morgan fingerprint density at radius 3 is 2.17 bits per heavy atom. The molecule has 0 bridgehead atoms. The Morgan fingerprint density at radius 1 is 0.757 bits per heavy atom. The minimum Gasteiger partial charge on any atom is -0.491 e. The number of hydrogen-bond acceptors (Lipinski definition) is 17. The van der Waals surface area contributed by atoms with Gasteiger partial charge in [-0.25, -0.2) is 4.98 Å². The Morgan fingerprint density at radius 2 is 1.47 bits per heavy atom. The first kappa shape index (κ1) is 49.8. The molecule has 0 radical (unpaired) electrons. The normalized spacial score (nSPS) is 16.3. The van der Waals surface area contributed by atoms with Crippen LogP contribution in [0.2, 0.25) is 0 Å². The van der Waals surface area contributed by atoms with Gasteiger partial charge in [0.15, 0.2) is 5.65 Å². The predicted molar refractivity (Wildman–Crippen MR) is 251 cm³/mol. The lowest BCUT2D eigenvalue weighted by atomic mass is 10.0. The number of furan rings is 1. The van der Waals surface area contributed by atoms with Crippen molar-refractivity contribution < 1.29 is 56.8 Å². The summed E-state index contributed by atoms with van der Waals surface area (Å²) in [5.74, 6) is -0.669. The Kier molecular flexibility index (Phi) is 18.0. The topological polar surface area (TPSA) is 231 Å². The van der Waals surface area contributed by atoms with Gasteiger partial charge in [-0.15, -0.1) is 10.2 Å². The highest BCUT2D eigenvalue weighted by atomic mass is 16.6. The quantitative estimate of drug-likeness (QED) is 0.0541. The average molecular weight is 966 g/mol. The van der Waals surface area contributed by atoms with Gasteiger partial charge in [0.25, 0.3) is 11.8 Å². The Hall–Kier alpha value is -6.62. The number of rotatable bonds is 28. The van der Waals surface area contributed by atoms with Gasteiger partial charge in [0.1, 0.15) is 36.3 Å². The fourth-order valence-electron chi connectivity index (χ4n) is 8.41. The molecule has 21 nitrogen and oxygen atoms in total. The number of amides is 5. The van der Waals surface area contributed by atoms with E-state index in [2.05, 4.69) is 54.9 Å². The minimum atomic E-state index is -1.07. The van der Waals surface area contributed by atoms with Crippen molar-refractivity contribution >= 4 is 40.9 Å². The number of aromatic nitrogens is 4. The van der Waals surface area contributed by atoms with Crippen molar-refractivity contribution in [2.75, 3.05) is 117 Å². The highest BCUT2D eigenvalue weighted by Gasteiger charge is 2.46. The van der Waals surface area contributed by atoms with E-state index in [9.17, 15) is 24.0 Å². The number of nitrogens with zero attached hydrogens (tertiary/aromatic N) is 7. The van der Waals surface area contributed by atoms with E-state index in [1.807, 2.05) is 22.7 Å². The molecule has 372 valence electrons. The number of anilines is 1. The highest BCUT2D eigenvalue weighted by Crippen LogP contribution is 2.34. The molecule has 0 aliphatic carbocycles. The zero-order valence-electron chi connectivity index (χ0n) is 39.1. The van der Waals surface area contributed by atoms with Crippen molar-refractivity contribution in [2.24, 2.45) is 0 Å². The molecule has 5 amide bonds. The van der Waals surface area contributed by atoms with E-state index in [0.29, 0.717) is 59.5 Å². The number of aryl methyl sites for hydroxylation is 2. The molecule has 3 aliphatic heterocycles. The van der Waals surface area contributed by atoms with Gasteiger partial charge in [-0.1, -0.05) is 18.2 Å². The molecule has 2 aromatic carbocycles. The zero-order chi connectivity index (χ0) is 48.5. The third-order valence-corrected chi connectivity index (χ3v) is 12.1. The molecule has 0 saturated carbocycles. The number of imide groups is 2. The van der Waals surface area contributed by atoms with E-state index >= 15 is 0 Å². The summed E-state index contributed by atoms with van der Waals surface area (Å²) in [5.41, 5.74) is 4.15. The standard InChI is InChI=1S/C49H59N9O12/c59-43(50-15-23-70-41-5-1-4-38-45(41)49(63)58(48(38)62)40-11-13-44(60)53-47(40)61)14-22-64-25-27-66-29-31-68-32-30-67-28-26-65-24-20-55-16-18-56(19-17-55)36-8-6-35(7-9-36)39-33-51-42(57-34-52-54-46(39)57)12-10-37-3-2-21-69-37/h1-9,21,33-34,40H,10-20,22-32H2,(H,50,59)(H,53,60,61). The van der Waals surface area contributed by atoms with Crippen molar-refractivity contribution in [3.8, 4) is 16.9 Å². The van der Waals surface area contributed by atoms with Crippen LogP contribution in [0.3, 0.4) is 0 Å². The van der Waals surface area contributed by atoms with E-state index in [1.165, 1.54) is 11.8 Å². The number of piperazine rings is 1. The lowest BCUT2D eigenvalue weighted by Crippen LogP contribution is -2.54. The summed E-state index contributed by atoms with van der Waals surface area (Å²) < 4.78 is 41.2. The first-order chi connectivity index (χ1) is 34.3. The predicted octanol–water partition coefficient (Wildman–Crippen LogP) is 2.36. The lowest BCUT2D eigenvalue weighted by Gasteiger charge is -2.36.